The Morgan fingerprint density at radius 3 is 1.73 bits per heavy atom. The molecule has 2 aliphatic rings. The summed E-state index contributed by atoms with van der Waals surface area (Å²) in [5.41, 5.74) is 6.42. The normalized spacial score (nSPS) is 16.2. The van der Waals surface area contributed by atoms with E-state index in [0.29, 0.717) is 52.4 Å². The molecule has 0 saturated carbocycles. The molecule has 122 heavy (non-hydrogen) atoms. The second kappa shape index (κ2) is 49.3. The van der Waals surface area contributed by atoms with Gasteiger partial charge in [0.05, 0.1) is 97.3 Å². The van der Waals surface area contributed by atoms with Gasteiger partial charge in [-0.1, -0.05) is 171 Å². The number of aliphatic hydroxyl groups is 1. The maximum atomic E-state index is 15.5. The number of anilines is 2. The van der Waals surface area contributed by atoms with Crippen molar-refractivity contribution < 1.29 is 99.8 Å². The third-order valence-corrected chi connectivity index (χ3v) is 23.5. The number of halogens is 2. The monoisotopic (exact) mass is 1740 g/mol. The van der Waals surface area contributed by atoms with Gasteiger partial charge in [-0.15, -0.1) is 0 Å². The lowest BCUT2D eigenvalue weighted by Crippen LogP contribution is -2.60. The number of aliphatic hydroxyl groups excluding tert-OH is 1. The van der Waals surface area contributed by atoms with Crippen LogP contribution >= 0.6 is 23.5 Å². The number of carbonyl (C=O) groups excluding carboxylic acids is 11. The lowest BCUT2D eigenvalue weighted by molar-refractivity contribution is -0.148. The number of thioether (sulfide) groups is 2. The first kappa shape index (κ1) is 99.0. The van der Waals surface area contributed by atoms with Crippen molar-refractivity contribution >= 4 is 100 Å². The van der Waals surface area contributed by atoms with Crippen LogP contribution in [0.15, 0.2) is 147 Å². The summed E-state index contributed by atoms with van der Waals surface area (Å²) in [6.07, 6.45) is -1.31. The number of primary amides is 1. The number of nitrogens with zero attached hydrogens (tertiary/aromatic N) is 4. The molecule has 0 radical (unpaired) electrons. The van der Waals surface area contributed by atoms with Crippen LogP contribution in [0.4, 0.5) is 29.7 Å². The number of likely N-dealkylation sites (tertiary alicyclic amines) is 1. The van der Waals surface area contributed by atoms with Crippen LogP contribution in [0, 0.1) is 41.2 Å². The molecule has 1 saturated heterocycles. The fourth-order valence-corrected chi connectivity index (χ4v) is 16.4. The van der Waals surface area contributed by atoms with E-state index in [1.807, 2.05) is 44.2 Å². The lowest BCUT2D eigenvalue weighted by Gasteiger charge is -2.41. The Morgan fingerprint density at radius 1 is 0.639 bits per heavy atom. The second-order valence-electron chi connectivity index (χ2n) is 31.1. The van der Waals surface area contributed by atoms with Gasteiger partial charge in [-0.05, 0) is 104 Å². The average molecular weight is 1740 g/mol. The predicted octanol–water partition coefficient (Wildman–Crippen LogP) is 9.67. The van der Waals surface area contributed by atoms with Crippen molar-refractivity contribution in [3.05, 3.63) is 160 Å². The quantitative estimate of drug-likeness (QED) is 0.0133. The van der Waals surface area contributed by atoms with Crippen LogP contribution in [0.1, 0.15) is 125 Å². The van der Waals surface area contributed by atoms with Crippen LogP contribution in [-0.4, -0.2) is 227 Å². The topological polar surface area (TPSA) is 384 Å². The third-order valence-electron chi connectivity index (χ3n) is 21.1. The van der Waals surface area contributed by atoms with E-state index in [1.165, 1.54) is 26.2 Å². The standard InChI is InChI=1S/C88H119F2N11O19S2/c1-15-55(8)74(68(114-13)49-70(103)100-40-26-34-67(100)76(115-14)56(9)80(105)93-57(10)75(104)59-27-19-16-20-28-59)98(11)84(109)72(53(4)5)97-83(108)73(54(6)7)99(12)88(113)120-50-58-35-37-60(38-36-58)94-81(106)66(33-25-39-92-87(91)112)95-82(107)71(52(2)3)96-69(102)51-118-44-43-116-41-42-117-45-46-119-77-64(89)47-61(48-65(77)90)101-85(110)78(121-62-29-21-17-22-30-62)79(86(101)111)122-63-31-23-18-24-32-63/h16-24,27-32,35-38,47-48,52-57,66-68,71-76,104H,15,25-26,33-34,39-46,49-51H2,1-14H3,(H,93,105)(H,94,106)(H,95,107)(H,96,102)(H,97,108)(H3,91,92,112)/t55?,56-,57-,66+,67+,68-,71+,72+,73+,74+,75-,76-/m1/s1. The van der Waals surface area contributed by atoms with Gasteiger partial charge in [-0.3, -0.25) is 48.1 Å². The highest BCUT2D eigenvalue weighted by molar-refractivity contribution is 8.08. The second-order valence-corrected chi connectivity index (χ2v) is 33.3. The molecule has 0 aliphatic carbocycles. The molecule has 666 valence electrons. The minimum atomic E-state index is -1.19. The van der Waals surface area contributed by atoms with E-state index in [1.54, 1.807) is 152 Å². The van der Waals surface area contributed by atoms with Crippen LogP contribution in [0.25, 0.3) is 0 Å². The summed E-state index contributed by atoms with van der Waals surface area (Å²) in [7, 11) is 6.04. The summed E-state index contributed by atoms with van der Waals surface area (Å²) >= 11 is 2.15. The summed E-state index contributed by atoms with van der Waals surface area (Å²) < 4.78 is 70.7. The number of likely N-dealkylation sites (N-methyl/N-ethyl adjacent to an activating group) is 2. The molecule has 0 spiro atoms. The smallest absolute Gasteiger partial charge is 0.410 e. The minimum absolute atomic E-state index is 0.0279. The van der Waals surface area contributed by atoms with Crippen molar-refractivity contribution in [2.24, 2.45) is 35.3 Å². The minimum Gasteiger partial charge on any atom is -0.485 e. The Balaban J connectivity index is 0.842. The Bertz CT molecular complexity index is 4250. The molecule has 5 aromatic rings. The number of methoxy groups -OCH3 is 2. The molecule has 30 nitrogen and oxygen atoms in total. The maximum Gasteiger partial charge on any atom is 0.410 e. The van der Waals surface area contributed by atoms with Crippen LogP contribution < -0.4 is 47.3 Å². The van der Waals surface area contributed by atoms with Crippen molar-refractivity contribution in [2.45, 2.75) is 185 Å². The van der Waals surface area contributed by atoms with Gasteiger partial charge in [-0.2, -0.15) is 0 Å². The van der Waals surface area contributed by atoms with Crippen molar-refractivity contribution in [3.8, 4) is 5.75 Å². The van der Waals surface area contributed by atoms with E-state index in [0.717, 1.165) is 45.5 Å². The van der Waals surface area contributed by atoms with Crippen molar-refractivity contribution in [3.63, 3.8) is 0 Å². The molecule has 1 unspecified atom stereocenters. The van der Waals surface area contributed by atoms with E-state index >= 15 is 8.78 Å². The van der Waals surface area contributed by atoms with E-state index < -0.39 is 162 Å². The van der Waals surface area contributed by atoms with Crippen LogP contribution in [0.3, 0.4) is 0 Å². The number of urea groups is 1. The zero-order valence-corrected chi connectivity index (χ0v) is 73.5. The zero-order chi connectivity index (χ0) is 89.4. The van der Waals surface area contributed by atoms with Gasteiger partial charge >= 0.3 is 12.1 Å². The molecule has 0 bridgehead atoms. The summed E-state index contributed by atoms with van der Waals surface area (Å²) in [6, 6.07) is 27.9. The highest BCUT2D eigenvalue weighted by Gasteiger charge is 2.46. The first-order chi connectivity index (χ1) is 58.2. The molecule has 12 atom stereocenters. The van der Waals surface area contributed by atoms with E-state index in [9.17, 15) is 57.8 Å². The fraction of sp³-hybridized carbons (Fsp3) is 0.511. The highest BCUT2D eigenvalue weighted by Crippen LogP contribution is 2.45. The predicted molar refractivity (Wildman–Crippen MR) is 457 cm³/mol. The number of imide groups is 1. The molecule has 9 N–H and O–H groups in total. The maximum absolute atomic E-state index is 15.5. The van der Waals surface area contributed by atoms with Crippen molar-refractivity contribution in [1.82, 2.24) is 41.3 Å². The molecule has 0 aromatic heterocycles. The number of nitrogens with one attached hydrogen (secondary N) is 6. The van der Waals surface area contributed by atoms with Crippen LogP contribution in [0.2, 0.25) is 0 Å². The molecule has 34 heteroatoms. The molecular formula is C88H119F2N11O19S2. The fourth-order valence-electron chi connectivity index (χ4n) is 14.4. The van der Waals surface area contributed by atoms with Gasteiger partial charge in [0, 0.05) is 69.0 Å². The Morgan fingerprint density at radius 2 is 1.20 bits per heavy atom. The number of benzene rings is 5. The van der Waals surface area contributed by atoms with Gasteiger partial charge in [0.1, 0.15) is 44.0 Å². The van der Waals surface area contributed by atoms with Crippen LogP contribution in [0.5, 0.6) is 5.75 Å². The molecule has 1 fully saturated rings. The van der Waals surface area contributed by atoms with Crippen molar-refractivity contribution in [1.29, 1.82) is 0 Å². The van der Waals surface area contributed by atoms with E-state index in [-0.39, 0.29) is 105 Å². The molecule has 12 amide bonds. The Kier molecular flexibility index (Phi) is 40.0. The number of carbonyl (C=O) groups is 11. The number of amides is 12. The van der Waals surface area contributed by atoms with Gasteiger partial charge in [0.15, 0.2) is 17.4 Å². The molecule has 5 aromatic carbocycles. The van der Waals surface area contributed by atoms with Gasteiger partial charge in [0.2, 0.25) is 41.4 Å². The van der Waals surface area contributed by atoms with Gasteiger partial charge < -0.3 is 85.7 Å². The first-order valence-corrected chi connectivity index (χ1v) is 42.7. The van der Waals surface area contributed by atoms with Gasteiger partial charge in [0.25, 0.3) is 11.8 Å². The number of hydrogen-bond donors (Lipinski definition) is 8. The van der Waals surface area contributed by atoms with Crippen molar-refractivity contribution in [2.75, 3.05) is 97.9 Å². The molecule has 7 rings (SSSR count). The van der Waals surface area contributed by atoms with E-state index in [2.05, 4.69) is 31.9 Å². The number of hydrogen-bond acceptors (Lipinski definition) is 21. The lowest BCUT2D eigenvalue weighted by atomic mass is 9.89. The van der Waals surface area contributed by atoms with E-state index in [4.69, 9.17) is 38.9 Å². The highest BCUT2D eigenvalue weighted by atomic mass is 32.2. The van der Waals surface area contributed by atoms with Crippen LogP contribution in [-0.2, 0) is 78.2 Å². The Hall–Kier alpha value is -10.1. The Labute approximate surface area is 721 Å². The summed E-state index contributed by atoms with van der Waals surface area (Å²) in [5.74, 6) is -10.4. The number of nitrogens with two attached hydrogens (primary N) is 1. The number of rotatable bonds is 49. The third kappa shape index (κ3) is 28.5. The summed E-state index contributed by atoms with van der Waals surface area (Å²) in [4.78, 5) is 158. The largest absolute Gasteiger partial charge is 0.485 e. The molecule has 2 aliphatic heterocycles. The summed E-state index contributed by atoms with van der Waals surface area (Å²) in [5, 5.41) is 27.5. The summed E-state index contributed by atoms with van der Waals surface area (Å²) in [6.45, 7) is 17.4. The molecular weight excluding hydrogens is 1620 g/mol. The zero-order valence-electron chi connectivity index (χ0n) is 71.8. The average Bonchev–Trinajstić information content (AvgIpc) is 1.61. The SMILES string of the molecule is CCC(C)[C@@H]([C@@H](CC(=O)N1CCC[C@H]1[C@H](OC)[C@@H](C)C(=O)N[C@H](C)[C@@H](O)c1ccccc1)OC)N(C)C(=O)[C@@H](NC(=O)[C@H](C(C)C)N(C)C(=O)OCc1ccc(NC(=O)[C@H](CCCNC(N)=O)NC(=O)[C@@H](NC(=O)COCCOCCOCCOc2c(F)cc(N3C(=O)C(Sc4ccccc4)=C(Sc4ccccc4)C3=O)cc2F)C(C)C)cc1)C(C)C. The first-order valence-electron chi connectivity index (χ1n) is 41.0. The molecule has 2 heterocycles. The number of ether oxygens (including phenoxy) is 7. The van der Waals surface area contributed by atoms with Gasteiger partial charge in [-0.25, -0.2) is 23.3 Å².